The van der Waals surface area contributed by atoms with Crippen molar-refractivity contribution < 1.29 is 9.53 Å². The molecule has 1 N–H and O–H groups in total. The number of carbonyl (C=O) groups excluding carboxylic acids is 1. The van der Waals surface area contributed by atoms with E-state index < -0.39 is 0 Å². The maximum Gasteiger partial charge on any atom is 0.262 e. The first kappa shape index (κ1) is 23.2. The van der Waals surface area contributed by atoms with Crippen LogP contribution in [0.15, 0.2) is 52.4 Å². The minimum Gasteiger partial charge on any atom is -0.497 e. The van der Waals surface area contributed by atoms with E-state index in [1.807, 2.05) is 24.3 Å². The summed E-state index contributed by atoms with van der Waals surface area (Å²) in [6.07, 6.45) is 0.845. The van der Waals surface area contributed by atoms with Gasteiger partial charge >= 0.3 is 0 Å². The van der Waals surface area contributed by atoms with Gasteiger partial charge in [-0.3, -0.25) is 14.2 Å². The largest absolute Gasteiger partial charge is 0.497 e. The number of thioether (sulfide) groups is 1. The van der Waals surface area contributed by atoms with E-state index >= 15 is 0 Å². The second-order valence-corrected chi connectivity index (χ2v) is 8.99. The normalized spacial score (nSPS) is 11.1. The van der Waals surface area contributed by atoms with Crippen LogP contribution >= 0.6 is 23.4 Å². The Hall–Kier alpha value is -2.51. The Kier molecular flexibility index (Phi) is 7.98. The number of aromatic nitrogens is 2. The molecule has 0 aliphatic carbocycles. The number of carbonyl (C=O) groups is 1. The van der Waals surface area contributed by atoms with Gasteiger partial charge in [0.2, 0.25) is 5.91 Å². The number of halogens is 1. The number of rotatable bonds is 9. The predicted octanol–water partition coefficient (Wildman–Crippen LogP) is 4.51. The Morgan fingerprint density at radius 1 is 1.23 bits per heavy atom. The number of benzene rings is 2. The van der Waals surface area contributed by atoms with E-state index in [0.717, 1.165) is 17.7 Å². The lowest BCUT2D eigenvalue weighted by Gasteiger charge is -2.14. The van der Waals surface area contributed by atoms with E-state index in [2.05, 4.69) is 24.1 Å². The van der Waals surface area contributed by atoms with Gasteiger partial charge in [-0.25, -0.2) is 4.98 Å². The first-order valence-corrected chi connectivity index (χ1v) is 11.5. The molecule has 0 saturated heterocycles. The summed E-state index contributed by atoms with van der Waals surface area (Å²) in [4.78, 5) is 30.1. The standard InChI is InChI=1S/C23H26ClN3O3S/c1-15(2)10-11-27-22(29)19-9-6-17(24)12-20(19)26-23(27)31-14-21(28)25-13-16-4-7-18(30-3)8-5-16/h4-9,12,15H,10-11,13-14H2,1-3H3,(H,25,28). The minimum atomic E-state index is -0.128. The number of nitrogens with zero attached hydrogens (tertiary/aromatic N) is 2. The number of hydrogen-bond donors (Lipinski definition) is 1. The third-order valence-corrected chi connectivity index (χ3v) is 6.00. The molecule has 0 saturated carbocycles. The fraction of sp³-hybridized carbons (Fsp3) is 0.348. The van der Waals surface area contributed by atoms with Gasteiger partial charge < -0.3 is 10.1 Å². The summed E-state index contributed by atoms with van der Waals surface area (Å²) in [5.74, 6) is 1.25. The second-order valence-electron chi connectivity index (χ2n) is 7.61. The zero-order valence-electron chi connectivity index (χ0n) is 17.9. The maximum absolute atomic E-state index is 13.0. The summed E-state index contributed by atoms with van der Waals surface area (Å²) in [6, 6.07) is 12.6. The molecule has 0 aliphatic heterocycles. The van der Waals surface area contributed by atoms with Crippen LogP contribution in [0.2, 0.25) is 5.02 Å². The van der Waals surface area contributed by atoms with Gasteiger partial charge in [0.25, 0.3) is 5.56 Å². The molecule has 3 aromatic rings. The summed E-state index contributed by atoms with van der Waals surface area (Å²) in [7, 11) is 1.61. The molecule has 0 spiro atoms. The quantitative estimate of drug-likeness (QED) is 0.376. The summed E-state index contributed by atoms with van der Waals surface area (Å²) in [6.45, 7) is 5.19. The van der Waals surface area contributed by atoms with E-state index in [4.69, 9.17) is 16.3 Å². The molecule has 0 aliphatic rings. The molecule has 1 aromatic heterocycles. The van der Waals surface area contributed by atoms with Crippen LogP contribution in [0, 0.1) is 5.92 Å². The van der Waals surface area contributed by atoms with Gasteiger partial charge in [-0.1, -0.05) is 49.3 Å². The molecule has 3 rings (SSSR count). The molecule has 1 heterocycles. The van der Waals surface area contributed by atoms with Gasteiger partial charge in [0, 0.05) is 18.1 Å². The third-order valence-electron chi connectivity index (χ3n) is 4.79. The number of nitrogens with one attached hydrogen (secondary N) is 1. The van der Waals surface area contributed by atoms with Gasteiger partial charge in [-0.15, -0.1) is 0 Å². The van der Waals surface area contributed by atoms with Crippen LogP contribution in [-0.4, -0.2) is 28.3 Å². The van der Waals surface area contributed by atoms with Crippen molar-refractivity contribution in [1.82, 2.24) is 14.9 Å². The number of methoxy groups -OCH3 is 1. The van der Waals surface area contributed by atoms with Gasteiger partial charge in [-0.2, -0.15) is 0 Å². The van der Waals surface area contributed by atoms with Crippen molar-refractivity contribution >= 4 is 40.2 Å². The smallest absolute Gasteiger partial charge is 0.262 e. The summed E-state index contributed by atoms with van der Waals surface area (Å²) in [5, 5.41) is 4.48. The van der Waals surface area contributed by atoms with Gasteiger partial charge in [-0.05, 0) is 48.2 Å². The van der Waals surface area contributed by atoms with Crippen molar-refractivity contribution in [2.75, 3.05) is 12.9 Å². The molecule has 0 bridgehead atoms. The van der Waals surface area contributed by atoms with Crippen molar-refractivity contribution in [3.63, 3.8) is 0 Å². The van der Waals surface area contributed by atoms with Crippen LogP contribution in [0.5, 0.6) is 5.75 Å². The van der Waals surface area contributed by atoms with Gasteiger partial charge in [0.05, 0.1) is 23.8 Å². The lowest BCUT2D eigenvalue weighted by atomic mass is 10.1. The molecule has 6 nitrogen and oxygen atoms in total. The highest BCUT2D eigenvalue weighted by Crippen LogP contribution is 2.21. The molecule has 0 radical (unpaired) electrons. The highest BCUT2D eigenvalue weighted by molar-refractivity contribution is 7.99. The van der Waals surface area contributed by atoms with Crippen molar-refractivity contribution in [3.05, 3.63) is 63.4 Å². The zero-order valence-corrected chi connectivity index (χ0v) is 19.4. The average Bonchev–Trinajstić information content (AvgIpc) is 2.75. The van der Waals surface area contributed by atoms with Gasteiger partial charge in [0.1, 0.15) is 5.75 Å². The molecule has 0 unspecified atom stereocenters. The monoisotopic (exact) mass is 459 g/mol. The number of ether oxygens (including phenoxy) is 1. The van der Waals surface area contributed by atoms with Crippen LogP contribution in [0.3, 0.4) is 0 Å². The van der Waals surface area contributed by atoms with E-state index in [0.29, 0.717) is 40.1 Å². The minimum absolute atomic E-state index is 0.108. The highest BCUT2D eigenvalue weighted by Gasteiger charge is 2.14. The van der Waals surface area contributed by atoms with Crippen LogP contribution in [0.4, 0.5) is 0 Å². The molecule has 0 fully saturated rings. The predicted molar refractivity (Wildman–Crippen MR) is 126 cm³/mol. The second kappa shape index (κ2) is 10.7. The maximum atomic E-state index is 13.0. The van der Waals surface area contributed by atoms with Crippen LogP contribution in [0.1, 0.15) is 25.8 Å². The highest BCUT2D eigenvalue weighted by atomic mass is 35.5. The Labute approximate surface area is 191 Å². The molecule has 2 aromatic carbocycles. The fourth-order valence-corrected chi connectivity index (χ4v) is 4.02. The molecular formula is C23H26ClN3O3S. The third kappa shape index (κ3) is 6.24. The Bertz CT molecular complexity index is 1110. The Morgan fingerprint density at radius 3 is 2.65 bits per heavy atom. The topological polar surface area (TPSA) is 73.2 Å². The van der Waals surface area contributed by atoms with Crippen LogP contribution < -0.4 is 15.6 Å². The summed E-state index contributed by atoms with van der Waals surface area (Å²) in [5.41, 5.74) is 1.41. The van der Waals surface area contributed by atoms with E-state index in [-0.39, 0.29) is 17.2 Å². The summed E-state index contributed by atoms with van der Waals surface area (Å²) < 4.78 is 6.81. The zero-order chi connectivity index (χ0) is 22.4. The van der Waals surface area contributed by atoms with Crippen molar-refractivity contribution in [2.45, 2.75) is 38.5 Å². The SMILES string of the molecule is COc1ccc(CNC(=O)CSc2nc3cc(Cl)ccc3c(=O)n2CCC(C)C)cc1. The lowest BCUT2D eigenvalue weighted by Crippen LogP contribution is -2.27. The average molecular weight is 460 g/mol. The Morgan fingerprint density at radius 2 is 1.97 bits per heavy atom. The van der Waals surface area contributed by atoms with E-state index in [1.165, 1.54) is 11.8 Å². The van der Waals surface area contributed by atoms with Crippen molar-refractivity contribution in [3.8, 4) is 5.75 Å². The molecule has 8 heteroatoms. The first-order valence-electron chi connectivity index (χ1n) is 10.1. The van der Waals surface area contributed by atoms with Crippen molar-refractivity contribution in [2.24, 2.45) is 5.92 Å². The van der Waals surface area contributed by atoms with Crippen LogP contribution in [0.25, 0.3) is 10.9 Å². The van der Waals surface area contributed by atoms with E-state index in [1.54, 1.807) is 29.9 Å². The molecule has 164 valence electrons. The fourth-order valence-electron chi connectivity index (χ4n) is 2.99. The number of hydrogen-bond acceptors (Lipinski definition) is 5. The number of amides is 1. The number of fused-ring (bicyclic) bond motifs is 1. The lowest BCUT2D eigenvalue weighted by molar-refractivity contribution is -0.118. The van der Waals surface area contributed by atoms with Crippen molar-refractivity contribution in [1.29, 1.82) is 0 Å². The molecular weight excluding hydrogens is 434 g/mol. The molecule has 31 heavy (non-hydrogen) atoms. The summed E-state index contributed by atoms with van der Waals surface area (Å²) >= 11 is 7.34. The van der Waals surface area contributed by atoms with E-state index in [9.17, 15) is 9.59 Å². The Balaban J connectivity index is 1.73. The van der Waals surface area contributed by atoms with Crippen LogP contribution in [-0.2, 0) is 17.9 Å². The first-order chi connectivity index (χ1) is 14.9. The molecule has 1 amide bonds. The molecule has 0 atom stereocenters. The van der Waals surface area contributed by atoms with Gasteiger partial charge in [0.15, 0.2) is 5.16 Å².